The summed E-state index contributed by atoms with van der Waals surface area (Å²) in [5, 5.41) is 9.75. The molecule has 2 rings (SSSR count). The van der Waals surface area contributed by atoms with E-state index in [1.807, 2.05) is 0 Å². The van der Waals surface area contributed by atoms with Gasteiger partial charge in [0.05, 0.1) is 24.4 Å². The maximum absolute atomic E-state index is 12.4. The van der Waals surface area contributed by atoms with Crippen LogP contribution in [0.4, 0.5) is 13.2 Å². The quantitative estimate of drug-likeness (QED) is 0.832. The Morgan fingerprint density at radius 1 is 1.40 bits per heavy atom. The molecule has 0 fully saturated rings. The number of carbonyl (C=O) groups is 1. The molecule has 0 saturated heterocycles. The van der Waals surface area contributed by atoms with E-state index in [4.69, 9.17) is 0 Å². The van der Waals surface area contributed by atoms with E-state index in [1.165, 1.54) is 19.2 Å². The van der Waals surface area contributed by atoms with Crippen LogP contribution >= 0.6 is 0 Å². The van der Waals surface area contributed by atoms with E-state index in [0.717, 1.165) is 6.07 Å². The fraction of sp³-hybridized carbons (Fsp3) is 0.167. The van der Waals surface area contributed by atoms with Gasteiger partial charge in [-0.15, -0.1) is 0 Å². The van der Waals surface area contributed by atoms with Crippen LogP contribution in [0.2, 0.25) is 0 Å². The number of alkyl halides is 3. The van der Waals surface area contributed by atoms with Crippen molar-refractivity contribution in [1.82, 2.24) is 9.97 Å². The van der Waals surface area contributed by atoms with Crippen molar-refractivity contribution < 1.29 is 27.8 Å². The first-order chi connectivity index (χ1) is 9.32. The molecule has 0 spiro atoms. The number of halogens is 3. The van der Waals surface area contributed by atoms with Crippen molar-refractivity contribution in [3.63, 3.8) is 0 Å². The molecule has 5 nitrogen and oxygen atoms in total. The number of ether oxygens (including phenoxy) is 1. The number of imidazole rings is 1. The molecule has 0 radical (unpaired) electrons. The Kier molecular flexibility index (Phi) is 3.39. The van der Waals surface area contributed by atoms with Crippen LogP contribution in [-0.2, 0) is 10.9 Å². The van der Waals surface area contributed by atoms with Crippen molar-refractivity contribution in [2.45, 2.75) is 6.18 Å². The average Bonchev–Trinajstić information content (AvgIpc) is 2.87. The Bertz CT molecular complexity index is 650. The highest BCUT2D eigenvalue weighted by Gasteiger charge is 2.33. The van der Waals surface area contributed by atoms with Gasteiger partial charge in [-0.05, 0) is 18.2 Å². The van der Waals surface area contributed by atoms with E-state index in [-0.39, 0.29) is 22.7 Å². The van der Waals surface area contributed by atoms with Crippen molar-refractivity contribution >= 4 is 5.97 Å². The predicted octanol–water partition coefficient (Wildman–Crippen LogP) is 2.59. The number of hydrogen-bond acceptors (Lipinski definition) is 4. The summed E-state index contributed by atoms with van der Waals surface area (Å²) < 4.78 is 41.8. The second-order valence-electron chi connectivity index (χ2n) is 3.87. The van der Waals surface area contributed by atoms with Gasteiger partial charge in [0.15, 0.2) is 0 Å². The molecule has 0 bridgehead atoms. The minimum atomic E-state index is -4.55. The third-order valence-corrected chi connectivity index (χ3v) is 2.56. The first kappa shape index (κ1) is 13.9. The molecular weight excluding hydrogens is 277 g/mol. The van der Waals surface area contributed by atoms with Gasteiger partial charge in [0.25, 0.3) is 0 Å². The Morgan fingerprint density at radius 2 is 2.10 bits per heavy atom. The molecule has 0 saturated carbocycles. The van der Waals surface area contributed by atoms with Gasteiger partial charge >= 0.3 is 12.1 Å². The Balaban J connectivity index is 2.39. The van der Waals surface area contributed by atoms with Crippen LogP contribution in [0.5, 0.6) is 5.75 Å². The van der Waals surface area contributed by atoms with Gasteiger partial charge in [0.2, 0.25) is 0 Å². The standard InChI is InChI=1S/C12H9F3N2O3/c1-20-11(19)6-2-3-7(8(18)4-6)10-16-5-9(17-10)12(13,14)15/h2-5,18H,1H3,(H,16,17). The van der Waals surface area contributed by atoms with Gasteiger partial charge in [-0.2, -0.15) is 13.2 Å². The van der Waals surface area contributed by atoms with E-state index >= 15 is 0 Å². The minimum absolute atomic E-state index is 0.0492. The molecule has 20 heavy (non-hydrogen) atoms. The number of aromatic amines is 1. The zero-order valence-electron chi connectivity index (χ0n) is 10.2. The third kappa shape index (κ3) is 2.58. The fourth-order valence-corrected chi connectivity index (χ4v) is 1.58. The van der Waals surface area contributed by atoms with E-state index in [1.54, 1.807) is 0 Å². The van der Waals surface area contributed by atoms with Crippen LogP contribution in [0.1, 0.15) is 16.1 Å². The number of nitrogens with zero attached hydrogens (tertiary/aromatic N) is 1. The first-order valence-electron chi connectivity index (χ1n) is 5.37. The number of H-pyrrole nitrogens is 1. The van der Waals surface area contributed by atoms with Crippen molar-refractivity contribution in [3.05, 3.63) is 35.7 Å². The van der Waals surface area contributed by atoms with Crippen LogP contribution in [0.3, 0.4) is 0 Å². The highest BCUT2D eigenvalue weighted by Crippen LogP contribution is 2.32. The molecule has 8 heteroatoms. The van der Waals surface area contributed by atoms with E-state index < -0.39 is 17.8 Å². The van der Waals surface area contributed by atoms with Gasteiger partial charge < -0.3 is 14.8 Å². The number of nitrogens with one attached hydrogen (secondary N) is 1. The first-order valence-corrected chi connectivity index (χ1v) is 5.37. The molecule has 0 amide bonds. The zero-order valence-corrected chi connectivity index (χ0v) is 10.2. The molecule has 0 aliphatic heterocycles. The predicted molar refractivity (Wildman–Crippen MR) is 62.0 cm³/mol. The van der Waals surface area contributed by atoms with Crippen molar-refractivity contribution in [2.24, 2.45) is 0 Å². The van der Waals surface area contributed by atoms with Gasteiger partial charge in [0, 0.05) is 0 Å². The molecule has 106 valence electrons. The SMILES string of the molecule is COC(=O)c1ccc(-c2ncc(C(F)(F)F)[nH]2)c(O)c1. The highest BCUT2D eigenvalue weighted by atomic mass is 19.4. The molecule has 2 aromatic rings. The summed E-state index contributed by atoms with van der Waals surface area (Å²) in [6.45, 7) is 0. The van der Waals surface area contributed by atoms with Crippen LogP contribution in [-0.4, -0.2) is 28.2 Å². The lowest BCUT2D eigenvalue weighted by Crippen LogP contribution is -2.05. The summed E-state index contributed by atoms with van der Waals surface area (Å²) in [6, 6.07) is 3.69. The fourth-order valence-electron chi connectivity index (χ4n) is 1.58. The van der Waals surface area contributed by atoms with Crippen molar-refractivity contribution in [1.29, 1.82) is 0 Å². The third-order valence-electron chi connectivity index (χ3n) is 2.56. The number of esters is 1. The zero-order chi connectivity index (χ0) is 14.9. The summed E-state index contributed by atoms with van der Waals surface area (Å²) in [6.07, 6.45) is -3.92. The molecule has 0 unspecified atom stereocenters. The maximum Gasteiger partial charge on any atom is 0.432 e. The molecular formula is C12H9F3N2O3. The highest BCUT2D eigenvalue weighted by molar-refractivity contribution is 5.90. The van der Waals surface area contributed by atoms with Crippen LogP contribution in [0.25, 0.3) is 11.4 Å². The number of aromatic hydroxyl groups is 1. The summed E-state index contributed by atoms with van der Waals surface area (Å²) in [5.74, 6) is -1.19. The van der Waals surface area contributed by atoms with E-state index in [9.17, 15) is 23.1 Å². The normalized spacial score (nSPS) is 11.4. The number of methoxy groups -OCH3 is 1. The Labute approximate surface area is 111 Å². The van der Waals surface area contributed by atoms with Gasteiger partial charge in [-0.25, -0.2) is 9.78 Å². The number of hydrogen-bond donors (Lipinski definition) is 2. The summed E-state index contributed by atoms with van der Waals surface area (Å²) in [7, 11) is 1.18. The monoisotopic (exact) mass is 286 g/mol. The molecule has 2 N–H and O–H groups in total. The van der Waals surface area contributed by atoms with Crippen molar-refractivity contribution in [3.8, 4) is 17.1 Å². The summed E-state index contributed by atoms with van der Waals surface area (Å²) in [5.41, 5.74) is -0.895. The lowest BCUT2D eigenvalue weighted by atomic mass is 10.1. The van der Waals surface area contributed by atoms with E-state index in [2.05, 4.69) is 14.7 Å². The summed E-state index contributed by atoms with van der Waals surface area (Å²) in [4.78, 5) is 16.9. The van der Waals surface area contributed by atoms with Crippen molar-refractivity contribution in [2.75, 3.05) is 7.11 Å². The number of phenols is 1. The van der Waals surface area contributed by atoms with Gasteiger partial charge in [-0.3, -0.25) is 0 Å². The maximum atomic E-state index is 12.4. The number of phenolic OH excluding ortho intramolecular Hbond substituents is 1. The second kappa shape index (κ2) is 4.87. The minimum Gasteiger partial charge on any atom is -0.507 e. The smallest absolute Gasteiger partial charge is 0.432 e. The number of benzene rings is 1. The topological polar surface area (TPSA) is 75.2 Å². The second-order valence-corrected chi connectivity index (χ2v) is 3.87. The number of carbonyl (C=O) groups excluding carboxylic acids is 1. The van der Waals surface area contributed by atoms with Crippen LogP contribution < -0.4 is 0 Å². The number of aromatic nitrogens is 2. The lowest BCUT2D eigenvalue weighted by Gasteiger charge is -2.05. The molecule has 1 heterocycles. The molecule has 1 aromatic heterocycles. The largest absolute Gasteiger partial charge is 0.507 e. The average molecular weight is 286 g/mol. The molecule has 0 aliphatic rings. The Morgan fingerprint density at radius 3 is 2.60 bits per heavy atom. The molecule has 1 aromatic carbocycles. The molecule has 0 aliphatic carbocycles. The van der Waals surface area contributed by atoms with Gasteiger partial charge in [0.1, 0.15) is 17.3 Å². The van der Waals surface area contributed by atoms with Gasteiger partial charge in [-0.1, -0.05) is 0 Å². The van der Waals surface area contributed by atoms with Crippen LogP contribution in [0.15, 0.2) is 24.4 Å². The summed E-state index contributed by atoms with van der Waals surface area (Å²) >= 11 is 0. The van der Waals surface area contributed by atoms with Crippen LogP contribution in [0, 0.1) is 0 Å². The molecule has 0 atom stereocenters. The Hall–Kier alpha value is -2.51. The van der Waals surface area contributed by atoms with E-state index in [0.29, 0.717) is 6.20 Å². The number of rotatable bonds is 2. The lowest BCUT2D eigenvalue weighted by molar-refractivity contribution is -0.140.